The van der Waals surface area contributed by atoms with Gasteiger partial charge in [0.2, 0.25) is 5.91 Å². The maximum Gasteiger partial charge on any atom is 0.266 e. The van der Waals surface area contributed by atoms with Crippen molar-refractivity contribution < 1.29 is 23.2 Å². The Morgan fingerprint density at radius 1 is 0.806 bits per heavy atom. The van der Waals surface area contributed by atoms with Gasteiger partial charge in [0.15, 0.2) is 17.7 Å². The summed E-state index contributed by atoms with van der Waals surface area (Å²) >= 11 is 5.92. The van der Waals surface area contributed by atoms with Crippen molar-refractivity contribution in [1.82, 2.24) is 0 Å². The summed E-state index contributed by atoms with van der Waals surface area (Å²) < 4.78 is 27.6. The second-order valence-corrected chi connectivity index (χ2v) is 7.76. The summed E-state index contributed by atoms with van der Waals surface area (Å²) in [7, 11) is 0. The molecule has 3 aromatic carbocycles. The van der Waals surface area contributed by atoms with Crippen molar-refractivity contribution in [3.05, 3.63) is 95.0 Å². The summed E-state index contributed by atoms with van der Waals surface area (Å²) in [4.78, 5) is 33.5. The molecular weight excluding hydrogens is 426 g/mol. The second kappa shape index (κ2) is 7.44. The van der Waals surface area contributed by atoms with E-state index < -0.39 is 41.5 Å². The maximum absolute atomic E-state index is 14.1. The van der Waals surface area contributed by atoms with E-state index >= 15 is 0 Å². The van der Waals surface area contributed by atoms with E-state index in [1.165, 1.54) is 11.1 Å². The normalized spacial score (nSPS) is 22.9. The molecule has 8 heteroatoms. The highest BCUT2D eigenvalue weighted by Gasteiger charge is 2.60. The van der Waals surface area contributed by atoms with Crippen LogP contribution in [0.25, 0.3) is 0 Å². The molecule has 2 heterocycles. The molecule has 3 aromatic rings. The number of para-hydroxylation sites is 1. The Morgan fingerprint density at radius 3 is 2.19 bits per heavy atom. The molecule has 2 amide bonds. The Bertz CT molecular complexity index is 1170. The lowest BCUT2D eigenvalue weighted by Gasteiger charge is -2.28. The molecular formula is C23H15ClF2N2O3. The number of carbonyl (C=O) groups excluding carboxylic acids is 2. The van der Waals surface area contributed by atoms with Crippen LogP contribution in [0.3, 0.4) is 0 Å². The number of nitrogens with zero attached hydrogens (tertiary/aromatic N) is 2. The first-order chi connectivity index (χ1) is 15.0. The number of hydroxylamine groups is 1. The summed E-state index contributed by atoms with van der Waals surface area (Å²) in [5.74, 6) is -3.98. The van der Waals surface area contributed by atoms with Crippen LogP contribution in [0.4, 0.5) is 20.2 Å². The highest BCUT2D eigenvalue weighted by molar-refractivity contribution is 6.31. The Balaban J connectivity index is 1.60. The molecule has 0 aliphatic carbocycles. The van der Waals surface area contributed by atoms with Gasteiger partial charge >= 0.3 is 0 Å². The van der Waals surface area contributed by atoms with E-state index in [0.717, 1.165) is 17.0 Å². The van der Waals surface area contributed by atoms with Crippen LogP contribution >= 0.6 is 11.6 Å². The number of amides is 2. The van der Waals surface area contributed by atoms with Gasteiger partial charge in [-0.15, -0.1) is 0 Å². The topological polar surface area (TPSA) is 49.9 Å². The number of hydrogen-bond donors (Lipinski definition) is 0. The summed E-state index contributed by atoms with van der Waals surface area (Å²) in [6.07, 6.45) is -1.10. The number of fused-ring (bicyclic) bond motifs is 1. The predicted octanol–water partition coefficient (Wildman–Crippen LogP) is 4.67. The zero-order valence-electron chi connectivity index (χ0n) is 15.9. The molecule has 31 heavy (non-hydrogen) atoms. The van der Waals surface area contributed by atoms with Crippen LogP contribution < -0.4 is 9.96 Å². The Hall–Kier alpha value is -3.29. The number of rotatable bonds is 3. The van der Waals surface area contributed by atoms with Crippen LogP contribution in [0.1, 0.15) is 11.6 Å². The summed E-state index contributed by atoms with van der Waals surface area (Å²) in [5.41, 5.74) is 1.28. The lowest BCUT2D eigenvalue weighted by molar-refractivity contribution is -0.126. The fourth-order valence-electron chi connectivity index (χ4n) is 4.09. The van der Waals surface area contributed by atoms with Crippen LogP contribution in [0.2, 0.25) is 5.02 Å². The molecule has 0 bridgehead atoms. The van der Waals surface area contributed by atoms with Crippen molar-refractivity contribution in [2.75, 3.05) is 9.96 Å². The number of benzene rings is 3. The van der Waals surface area contributed by atoms with Crippen molar-refractivity contribution in [2.45, 2.75) is 12.1 Å². The van der Waals surface area contributed by atoms with Crippen molar-refractivity contribution in [3.8, 4) is 0 Å². The Kier molecular flexibility index (Phi) is 4.72. The highest BCUT2D eigenvalue weighted by Crippen LogP contribution is 2.47. The Labute approximate surface area is 181 Å². The molecule has 2 aliphatic rings. The minimum atomic E-state index is -1.10. The molecule has 2 fully saturated rings. The predicted molar refractivity (Wildman–Crippen MR) is 110 cm³/mol. The average Bonchev–Trinajstić information content (AvgIpc) is 3.28. The second-order valence-electron chi connectivity index (χ2n) is 7.32. The molecule has 0 aromatic heterocycles. The third-order valence-electron chi connectivity index (χ3n) is 5.50. The van der Waals surface area contributed by atoms with Crippen molar-refractivity contribution >= 4 is 34.8 Å². The smallest absolute Gasteiger partial charge is 0.266 e. The highest BCUT2D eigenvalue weighted by atomic mass is 35.5. The summed E-state index contributed by atoms with van der Waals surface area (Å²) in [6.45, 7) is 0. The van der Waals surface area contributed by atoms with Crippen molar-refractivity contribution in [2.24, 2.45) is 5.92 Å². The fourth-order valence-corrected chi connectivity index (χ4v) is 4.22. The first kappa shape index (κ1) is 19.7. The van der Waals surface area contributed by atoms with Gasteiger partial charge < -0.3 is 0 Å². The van der Waals surface area contributed by atoms with Crippen LogP contribution in [0.15, 0.2) is 72.8 Å². The number of carbonyl (C=O) groups is 2. The number of halogens is 3. The monoisotopic (exact) mass is 440 g/mol. The van der Waals surface area contributed by atoms with E-state index in [1.807, 2.05) is 6.07 Å². The van der Waals surface area contributed by atoms with Gasteiger partial charge in [0.1, 0.15) is 5.92 Å². The van der Waals surface area contributed by atoms with Gasteiger partial charge in [-0.25, -0.2) is 18.7 Å². The first-order valence-corrected chi connectivity index (χ1v) is 9.93. The molecule has 5 nitrogen and oxygen atoms in total. The standard InChI is InChI=1S/C23H15ClF2N2O3/c24-14-7-9-15(10-8-14)27-22(29)19-20(13-6-11-17(25)18(26)12-13)28(31-21(19)23(27)30)16-4-2-1-3-5-16/h1-12,19-21H/t19-,20-,21-/m1/s1. The van der Waals surface area contributed by atoms with Crippen molar-refractivity contribution in [1.29, 1.82) is 0 Å². The van der Waals surface area contributed by atoms with Gasteiger partial charge in [-0.1, -0.05) is 35.9 Å². The lowest BCUT2D eigenvalue weighted by Crippen LogP contribution is -2.37. The van der Waals surface area contributed by atoms with E-state index in [1.54, 1.807) is 48.5 Å². The van der Waals surface area contributed by atoms with Crippen LogP contribution in [-0.4, -0.2) is 17.9 Å². The summed E-state index contributed by atoms with van der Waals surface area (Å²) in [5, 5.41) is 1.89. The fraction of sp³-hybridized carbons (Fsp3) is 0.130. The SMILES string of the molecule is O=C1[C@@H]2[C@@H](c3ccc(F)c(F)c3)N(c3ccccc3)O[C@H]2C(=O)N1c1ccc(Cl)cc1. The van der Waals surface area contributed by atoms with Crippen LogP contribution in [0, 0.1) is 17.6 Å². The molecule has 0 unspecified atom stereocenters. The molecule has 0 radical (unpaired) electrons. The van der Waals surface area contributed by atoms with E-state index in [4.69, 9.17) is 16.4 Å². The van der Waals surface area contributed by atoms with Gasteiger partial charge in [-0.3, -0.25) is 14.4 Å². The van der Waals surface area contributed by atoms with Gasteiger partial charge in [-0.05, 0) is 54.1 Å². The number of hydrogen-bond acceptors (Lipinski definition) is 4. The molecule has 2 aliphatic heterocycles. The van der Waals surface area contributed by atoms with Crippen LogP contribution in [-0.2, 0) is 14.4 Å². The molecule has 0 N–H and O–H groups in total. The van der Waals surface area contributed by atoms with E-state index in [-0.39, 0.29) is 0 Å². The van der Waals surface area contributed by atoms with Gasteiger partial charge in [0.25, 0.3) is 5.91 Å². The zero-order chi connectivity index (χ0) is 21.7. The molecule has 0 saturated carbocycles. The number of anilines is 2. The molecule has 0 spiro atoms. The molecule has 3 atom stereocenters. The Morgan fingerprint density at radius 2 is 1.52 bits per heavy atom. The average molecular weight is 441 g/mol. The molecule has 2 saturated heterocycles. The molecule has 5 rings (SSSR count). The third-order valence-corrected chi connectivity index (χ3v) is 5.75. The summed E-state index contributed by atoms with van der Waals surface area (Å²) in [6, 6.07) is 17.8. The maximum atomic E-state index is 14.1. The minimum Gasteiger partial charge on any atom is -0.273 e. The van der Waals surface area contributed by atoms with E-state index in [0.29, 0.717) is 22.0 Å². The van der Waals surface area contributed by atoms with Crippen molar-refractivity contribution in [3.63, 3.8) is 0 Å². The third kappa shape index (κ3) is 3.17. The van der Waals surface area contributed by atoms with Crippen LogP contribution in [0.5, 0.6) is 0 Å². The zero-order valence-corrected chi connectivity index (χ0v) is 16.7. The van der Waals surface area contributed by atoms with Gasteiger partial charge in [-0.2, -0.15) is 0 Å². The first-order valence-electron chi connectivity index (χ1n) is 9.55. The van der Waals surface area contributed by atoms with Gasteiger partial charge in [0.05, 0.1) is 17.4 Å². The minimum absolute atomic E-state index is 0.328. The van der Waals surface area contributed by atoms with E-state index in [2.05, 4.69) is 0 Å². The largest absolute Gasteiger partial charge is 0.273 e. The molecule has 156 valence electrons. The lowest BCUT2D eigenvalue weighted by atomic mass is 9.90. The van der Waals surface area contributed by atoms with Gasteiger partial charge in [0, 0.05) is 5.02 Å². The quantitative estimate of drug-likeness (QED) is 0.555. The van der Waals surface area contributed by atoms with E-state index in [9.17, 15) is 18.4 Å². The number of imide groups is 1.